The van der Waals surface area contributed by atoms with Crippen molar-refractivity contribution in [1.29, 1.82) is 0 Å². The fourth-order valence-corrected chi connectivity index (χ4v) is 2.81. The van der Waals surface area contributed by atoms with E-state index in [9.17, 15) is 14.9 Å². The van der Waals surface area contributed by atoms with Crippen LogP contribution >= 0.6 is 0 Å². The van der Waals surface area contributed by atoms with E-state index in [-0.39, 0.29) is 28.9 Å². The van der Waals surface area contributed by atoms with E-state index in [0.717, 1.165) is 32.4 Å². The summed E-state index contributed by atoms with van der Waals surface area (Å²) in [5.74, 6) is -0.213. The molecule has 0 radical (unpaired) electrons. The minimum atomic E-state index is -0.509. The standard InChI is InChI=1S/C15H22N4O3/c1-2-9-18(11-5-7-17-8-6-11)15(20)13-10-12(19(21)22)3-4-14(13)16/h3-4,10-11,17H,2,5-9,16H2,1H3. The van der Waals surface area contributed by atoms with Gasteiger partial charge in [0.05, 0.1) is 10.5 Å². The lowest BCUT2D eigenvalue weighted by Gasteiger charge is -2.34. The summed E-state index contributed by atoms with van der Waals surface area (Å²) in [6.45, 7) is 4.40. The Bertz CT molecular complexity index is 556. The van der Waals surface area contributed by atoms with E-state index >= 15 is 0 Å². The molecule has 1 aromatic rings. The van der Waals surface area contributed by atoms with Crippen molar-refractivity contribution in [3.8, 4) is 0 Å². The molecule has 120 valence electrons. The minimum Gasteiger partial charge on any atom is -0.398 e. The number of nitrogens with one attached hydrogen (secondary N) is 1. The Morgan fingerprint density at radius 3 is 2.73 bits per heavy atom. The van der Waals surface area contributed by atoms with Gasteiger partial charge in [-0.1, -0.05) is 6.92 Å². The molecule has 1 amide bonds. The third kappa shape index (κ3) is 3.54. The van der Waals surface area contributed by atoms with Gasteiger partial charge in [0.1, 0.15) is 0 Å². The number of nitro groups is 1. The van der Waals surface area contributed by atoms with Gasteiger partial charge in [0, 0.05) is 30.4 Å². The summed E-state index contributed by atoms with van der Waals surface area (Å²) in [5.41, 5.74) is 6.27. The highest BCUT2D eigenvalue weighted by molar-refractivity contribution is 6.00. The predicted octanol–water partition coefficient (Wildman–Crippen LogP) is 1.78. The van der Waals surface area contributed by atoms with Crippen molar-refractivity contribution in [3.63, 3.8) is 0 Å². The SMILES string of the molecule is CCCN(C(=O)c1cc([N+](=O)[O-])ccc1N)C1CCNCC1. The van der Waals surface area contributed by atoms with Crippen molar-refractivity contribution in [2.45, 2.75) is 32.2 Å². The molecule has 0 saturated carbocycles. The van der Waals surface area contributed by atoms with Gasteiger partial charge in [-0.25, -0.2) is 0 Å². The molecule has 2 rings (SSSR count). The molecule has 1 fully saturated rings. The molecule has 1 aliphatic rings. The van der Waals surface area contributed by atoms with Crippen LogP contribution in [0.15, 0.2) is 18.2 Å². The van der Waals surface area contributed by atoms with Crippen LogP contribution < -0.4 is 11.1 Å². The molecule has 0 unspecified atom stereocenters. The zero-order valence-corrected chi connectivity index (χ0v) is 12.7. The fourth-order valence-electron chi connectivity index (χ4n) is 2.81. The minimum absolute atomic E-state index is 0.112. The molecule has 22 heavy (non-hydrogen) atoms. The number of hydrogen-bond acceptors (Lipinski definition) is 5. The average molecular weight is 306 g/mol. The van der Waals surface area contributed by atoms with Gasteiger partial charge in [-0.05, 0) is 38.4 Å². The van der Waals surface area contributed by atoms with E-state index in [4.69, 9.17) is 5.73 Å². The number of benzene rings is 1. The average Bonchev–Trinajstić information content (AvgIpc) is 2.53. The van der Waals surface area contributed by atoms with Crippen LogP contribution in [0.1, 0.15) is 36.5 Å². The Labute approximate surface area is 129 Å². The maximum absolute atomic E-state index is 12.8. The summed E-state index contributed by atoms with van der Waals surface area (Å²) < 4.78 is 0. The van der Waals surface area contributed by atoms with Gasteiger partial charge in [0.2, 0.25) is 0 Å². The van der Waals surface area contributed by atoms with Crippen molar-refractivity contribution < 1.29 is 9.72 Å². The van der Waals surface area contributed by atoms with E-state index in [2.05, 4.69) is 5.32 Å². The van der Waals surface area contributed by atoms with Gasteiger partial charge < -0.3 is 16.0 Å². The van der Waals surface area contributed by atoms with Crippen LogP contribution in [0.4, 0.5) is 11.4 Å². The van der Waals surface area contributed by atoms with Gasteiger partial charge in [-0.3, -0.25) is 14.9 Å². The number of anilines is 1. The number of amides is 1. The van der Waals surface area contributed by atoms with Crippen LogP contribution in [0.25, 0.3) is 0 Å². The Hall–Kier alpha value is -2.15. The predicted molar refractivity (Wildman–Crippen MR) is 84.7 cm³/mol. The third-order valence-corrected chi connectivity index (χ3v) is 3.95. The number of piperidine rings is 1. The number of non-ortho nitro benzene ring substituents is 1. The Balaban J connectivity index is 2.29. The second-order valence-corrected chi connectivity index (χ2v) is 5.51. The highest BCUT2D eigenvalue weighted by atomic mass is 16.6. The smallest absolute Gasteiger partial charge is 0.270 e. The van der Waals surface area contributed by atoms with Crippen LogP contribution in [0.3, 0.4) is 0 Å². The van der Waals surface area contributed by atoms with E-state index in [0.29, 0.717) is 6.54 Å². The number of rotatable bonds is 5. The fraction of sp³-hybridized carbons (Fsp3) is 0.533. The highest BCUT2D eigenvalue weighted by Crippen LogP contribution is 2.23. The van der Waals surface area contributed by atoms with Crippen LogP contribution in [-0.2, 0) is 0 Å². The second-order valence-electron chi connectivity index (χ2n) is 5.51. The number of nitrogens with zero attached hydrogens (tertiary/aromatic N) is 2. The molecule has 1 heterocycles. The number of nitrogen functional groups attached to an aromatic ring is 1. The summed E-state index contributed by atoms with van der Waals surface area (Å²) in [5, 5.41) is 14.2. The molecule has 1 saturated heterocycles. The third-order valence-electron chi connectivity index (χ3n) is 3.95. The number of hydrogen-bond donors (Lipinski definition) is 2. The zero-order chi connectivity index (χ0) is 16.1. The molecule has 0 spiro atoms. The first kappa shape index (κ1) is 16.2. The van der Waals surface area contributed by atoms with Crippen molar-refractivity contribution in [1.82, 2.24) is 10.2 Å². The van der Waals surface area contributed by atoms with Crippen LogP contribution in [0, 0.1) is 10.1 Å². The van der Waals surface area contributed by atoms with Crippen molar-refractivity contribution in [2.75, 3.05) is 25.4 Å². The normalized spacial score (nSPS) is 15.5. The first-order valence-corrected chi connectivity index (χ1v) is 7.60. The van der Waals surface area contributed by atoms with E-state index in [1.807, 2.05) is 11.8 Å². The van der Waals surface area contributed by atoms with Gasteiger partial charge in [0.15, 0.2) is 0 Å². The molecule has 1 aliphatic heterocycles. The topological polar surface area (TPSA) is 102 Å². The van der Waals surface area contributed by atoms with E-state index in [1.54, 1.807) is 0 Å². The van der Waals surface area contributed by atoms with Gasteiger partial charge in [-0.15, -0.1) is 0 Å². The first-order chi connectivity index (χ1) is 10.5. The zero-order valence-electron chi connectivity index (χ0n) is 12.7. The largest absolute Gasteiger partial charge is 0.398 e. The lowest BCUT2D eigenvalue weighted by molar-refractivity contribution is -0.384. The Morgan fingerprint density at radius 2 is 2.14 bits per heavy atom. The van der Waals surface area contributed by atoms with Crippen LogP contribution in [0.2, 0.25) is 0 Å². The molecular weight excluding hydrogens is 284 g/mol. The summed E-state index contributed by atoms with van der Waals surface area (Å²) in [7, 11) is 0. The summed E-state index contributed by atoms with van der Waals surface area (Å²) >= 11 is 0. The summed E-state index contributed by atoms with van der Waals surface area (Å²) in [6.07, 6.45) is 2.62. The van der Waals surface area contributed by atoms with Crippen molar-refractivity contribution in [2.24, 2.45) is 0 Å². The quantitative estimate of drug-likeness (QED) is 0.490. The highest BCUT2D eigenvalue weighted by Gasteiger charge is 2.27. The molecule has 0 aromatic heterocycles. The molecule has 0 atom stereocenters. The molecule has 1 aromatic carbocycles. The van der Waals surface area contributed by atoms with Crippen LogP contribution in [0.5, 0.6) is 0 Å². The van der Waals surface area contributed by atoms with Gasteiger partial charge >= 0.3 is 0 Å². The summed E-state index contributed by atoms with van der Waals surface area (Å²) in [6, 6.07) is 4.19. The maximum Gasteiger partial charge on any atom is 0.270 e. The molecule has 7 heteroatoms. The van der Waals surface area contributed by atoms with Crippen molar-refractivity contribution in [3.05, 3.63) is 33.9 Å². The van der Waals surface area contributed by atoms with Gasteiger partial charge in [-0.2, -0.15) is 0 Å². The molecule has 7 nitrogen and oxygen atoms in total. The van der Waals surface area contributed by atoms with E-state index in [1.165, 1.54) is 18.2 Å². The monoisotopic (exact) mass is 306 g/mol. The second kappa shape index (κ2) is 7.22. The lowest BCUT2D eigenvalue weighted by Crippen LogP contribution is -2.46. The maximum atomic E-state index is 12.8. The number of nitro benzene ring substituents is 1. The van der Waals surface area contributed by atoms with E-state index < -0.39 is 4.92 Å². The number of carbonyl (C=O) groups excluding carboxylic acids is 1. The van der Waals surface area contributed by atoms with Gasteiger partial charge in [0.25, 0.3) is 11.6 Å². The van der Waals surface area contributed by atoms with Crippen molar-refractivity contribution >= 4 is 17.3 Å². The molecule has 3 N–H and O–H groups in total. The summed E-state index contributed by atoms with van der Waals surface area (Å²) in [4.78, 5) is 25.1. The Morgan fingerprint density at radius 1 is 1.45 bits per heavy atom. The lowest BCUT2D eigenvalue weighted by atomic mass is 10.0. The molecular formula is C15H22N4O3. The number of carbonyl (C=O) groups is 1. The first-order valence-electron chi connectivity index (χ1n) is 7.60. The van der Waals surface area contributed by atoms with Crippen LogP contribution in [-0.4, -0.2) is 41.4 Å². The molecule has 0 aliphatic carbocycles. The molecule has 0 bridgehead atoms. The Kier molecular flexibility index (Phi) is 5.32. The number of nitrogens with two attached hydrogens (primary N) is 1.